The first-order valence-corrected chi connectivity index (χ1v) is 6.66. The minimum Gasteiger partial charge on any atom is -0.408 e. The zero-order chi connectivity index (χ0) is 12.4. The van der Waals surface area contributed by atoms with Gasteiger partial charge in [0.2, 0.25) is 0 Å². The van der Waals surface area contributed by atoms with Crippen molar-refractivity contribution in [2.24, 2.45) is 0 Å². The Morgan fingerprint density at radius 3 is 3.06 bits per heavy atom. The van der Waals surface area contributed by atoms with E-state index in [1.807, 2.05) is 18.2 Å². The second-order valence-corrected chi connectivity index (χ2v) is 5.03. The highest BCUT2D eigenvalue weighted by molar-refractivity contribution is 5.72. The van der Waals surface area contributed by atoms with E-state index in [4.69, 9.17) is 4.42 Å². The summed E-state index contributed by atoms with van der Waals surface area (Å²) in [4.78, 5) is 13.7. The molecule has 1 fully saturated rings. The molecule has 0 aliphatic heterocycles. The van der Waals surface area contributed by atoms with E-state index >= 15 is 0 Å². The molecule has 0 saturated heterocycles. The van der Waals surface area contributed by atoms with Crippen molar-refractivity contribution in [3.8, 4) is 0 Å². The van der Waals surface area contributed by atoms with Crippen LogP contribution in [0.2, 0.25) is 0 Å². The van der Waals surface area contributed by atoms with Crippen molar-refractivity contribution >= 4 is 11.1 Å². The lowest BCUT2D eigenvalue weighted by molar-refractivity contribution is 0.555. The summed E-state index contributed by atoms with van der Waals surface area (Å²) in [5.74, 6) is -0.379. The molecule has 0 atom stereocenters. The maximum absolute atomic E-state index is 11.0. The van der Waals surface area contributed by atoms with E-state index in [1.165, 1.54) is 31.2 Å². The minimum absolute atomic E-state index is 0.379. The normalized spacial score (nSPS) is 15.3. The van der Waals surface area contributed by atoms with Crippen LogP contribution in [0, 0.1) is 0 Å². The molecule has 0 amide bonds. The Kier molecular flexibility index (Phi) is 3.19. The molecular formula is C14H18N2O2. The monoisotopic (exact) mass is 246 g/mol. The van der Waals surface area contributed by atoms with Crippen molar-refractivity contribution in [1.82, 2.24) is 10.3 Å². The van der Waals surface area contributed by atoms with E-state index in [0.717, 1.165) is 24.5 Å². The third kappa shape index (κ3) is 2.82. The molecule has 0 radical (unpaired) electrons. The fraction of sp³-hybridized carbons (Fsp3) is 0.500. The van der Waals surface area contributed by atoms with E-state index in [-0.39, 0.29) is 5.76 Å². The Morgan fingerprint density at radius 2 is 2.22 bits per heavy atom. The van der Waals surface area contributed by atoms with Crippen LogP contribution in [0.1, 0.15) is 31.2 Å². The molecule has 1 aromatic heterocycles. The van der Waals surface area contributed by atoms with Crippen LogP contribution in [0.25, 0.3) is 11.1 Å². The number of hydrogen-bond donors (Lipinski definition) is 2. The SMILES string of the molecule is O=c1[nH]c2cc(CCCCNC3CC3)ccc2o1. The highest BCUT2D eigenvalue weighted by atomic mass is 16.4. The van der Waals surface area contributed by atoms with Crippen LogP contribution in [0.15, 0.2) is 27.4 Å². The summed E-state index contributed by atoms with van der Waals surface area (Å²) in [5.41, 5.74) is 2.69. The Hall–Kier alpha value is -1.55. The van der Waals surface area contributed by atoms with Crippen molar-refractivity contribution < 1.29 is 4.42 Å². The summed E-state index contributed by atoms with van der Waals surface area (Å²) < 4.78 is 4.98. The number of oxazole rings is 1. The molecule has 2 N–H and O–H groups in total. The first-order chi connectivity index (χ1) is 8.81. The van der Waals surface area contributed by atoms with Crippen LogP contribution < -0.4 is 11.1 Å². The summed E-state index contributed by atoms with van der Waals surface area (Å²) >= 11 is 0. The molecule has 4 nitrogen and oxygen atoms in total. The number of benzene rings is 1. The van der Waals surface area contributed by atoms with Crippen LogP contribution in [0.5, 0.6) is 0 Å². The lowest BCUT2D eigenvalue weighted by Crippen LogP contribution is -2.17. The summed E-state index contributed by atoms with van der Waals surface area (Å²) in [6.45, 7) is 1.12. The topological polar surface area (TPSA) is 58.0 Å². The van der Waals surface area contributed by atoms with E-state index in [1.54, 1.807) is 0 Å². The second-order valence-electron chi connectivity index (χ2n) is 5.03. The van der Waals surface area contributed by atoms with Gasteiger partial charge >= 0.3 is 5.76 Å². The molecule has 0 unspecified atom stereocenters. The van der Waals surface area contributed by atoms with Crippen LogP contribution in [0.4, 0.5) is 0 Å². The first kappa shape index (κ1) is 11.5. The van der Waals surface area contributed by atoms with Gasteiger partial charge in [0.15, 0.2) is 5.58 Å². The van der Waals surface area contributed by atoms with Gasteiger partial charge in [0.25, 0.3) is 0 Å². The van der Waals surface area contributed by atoms with Crippen molar-refractivity contribution in [2.75, 3.05) is 6.54 Å². The van der Waals surface area contributed by atoms with Gasteiger partial charge in [-0.1, -0.05) is 6.07 Å². The number of unbranched alkanes of at least 4 members (excludes halogenated alkanes) is 1. The van der Waals surface area contributed by atoms with E-state index in [2.05, 4.69) is 10.3 Å². The third-order valence-corrected chi connectivity index (χ3v) is 3.39. The van der Waals surface area contributed by atoms with Gasteiger partial charge in [0.1, 0.15) is 0 Å². The summed E-state index contributed by atoms with van der Waals surface area (Å²) in [5, 5.41) is 3.51. The van der Waals surface area contributed by atoms with Gasteiger partial charge in [-0.2, -0.15) is 0 Å². The number of fused-ring (bicyclic) bond motifs is 1. The maximum Gasteiger partial charge on any atom is 0.417 e. The number of aromatic nitrogens is 1. The molecule has 0 bridgehead atoms. The van der Waals surface area contributed by atoms with Gasteiger partial charge in [0, 0.05) is 6.04 Å². The largest absolute Gasteiger partial charge is 0.417 e. The van der Waals surface area contributed by atoms with Crippen LogP contribution in [0.3, 0.4) is 0 Å². The predicted octanol–water partition coefficient (Wildman–Crippen LogP) is 2.20. The lowest BCUT2D eigenvalue weighted by atomic mass is 10.1. The average Bonchev–Trinajstić information content (AvgIpc) is 3.09. The fourth-order valence-electron chi connectivity index (χ4n) is 2.20. The zero-order valence-electron chi connectivity index (χ0n) is 10.4. The average molecular weight is 246 g/mol. The maximum atomic E-state index is 11.0. The number of aromatic amines is 1. The molecule has 1 heterocycles. The second kappa shape index (κ2) is 4.98. The number of hydrogen-bond acceptors (Lipinski definition) is 3. The molecule has 1 aromatic carbocycles. The number of H-pyrrole nitrogens is 1. The van der Waals surface area contributed by atoms with E-state index < -0.39 is 0 Å². The standard InChI is InChI=1S/C14H18N2O2/c17-14-16-12-9-10(4-7-13(12)18-14)3-1-2-8-15-11-5-6-11/h4,7,9,11,15H,1-3,5-6,8H2,(H,16,17). The molecule has 1 aliphatic carbocycles. The quantitative estimate of drug-likeness (QED) is 0.768. The Bertz CT molecular complexity index is 581. The number of rotatable bonds is 6. The van der Waals surface area contributed by atoms with Gasteiger partial charge in [-0.15, -0.1) is 0 Å². The molecule has 2 aromatic rings. The first-order valence-electron chi connectivity index (χ1n) is 6.66. The molecule has 96 valence electrons. The van der Waals surface area contributed by atoms with E-state index in [9.17, 15) is 4.79 Å². The summed E-state index contributed by atoms with van der Waals surface area (Å²) in [7, 11) is 0. The molecule has 4 heteroatoms. The zero-order valence-corrected chi connectivity index (χ0v) is 10.4. The number of nitrogens with one attached hydrogen (secondary N) is 2. The van der Waals surface area contributed by atoms with Gasteiger partial charge in [-0.3, -0.25) is 4.98 Å². The van der Waals surface area contributed by atoms with Gasteiger partial charge in [-0.05, 0) is 56.3 Å². The molecule has 1 saturated carbocycles. The summed E-state index contributed by atoms with van der Waals surface area (Å²) in [6.07, 6.45) is 6.13. The highest BCUT2D eigenvalue weighted by Crippen LogP contribution is 2.18. The van der Waals surface area contributed by atoms with E-state index in [0.29, 0.717) is 5.58 Å². The van der Waals surface area contributed by atoms with Crippen LogP contribution >= 0.6 is 0 Å². The van der Waals surface area contributed by atoms with Crippen molar-refractivity contribution in [1.29, 1.82) is 0 Å². The lowest BCUT2D eigenvalue weighted by Gasteiger charge is -2.03. The molecule has 0 spiro atoms. The molecule has 18 heavy (non-hydrogen) atoms. The minimum atomic E-state index is -0.379. The Balaban J connectivity index is 1.51. The Morgan fingerprint density at radius 1 is 1.33 bits per heavy atom. The van der Waals surface area contributed by atoms with Crippen molar-refractivity contribution in [3.05, 3.63) is 34.3 Å². The van der Waals surface area contributed by atoms with Gasteiger partial charge in [0.05, 0.1) is 5.52 Å². The predicted molar refractivity (Wildman–Crippen MR) is 70.8 cm³/mol. The fourth-order valence-corrected chi connectivity index (χ4v) is 2.20. The van der Waals surface area contributed by atoms with Crippen LogP contribution in [-0.4, -0.2) is 17.6 Å². The van der Waals surface area contributed by atoms with Gasteiger partial charge < -0.3 is 9.73 Å². The smallest absolute Gasteiger partial charge is 0.408 e. The molecule has 1 aliphatic rings. The molecular weight excluding hydrogens is 228 g/mol. The van der Waals surface area contributed by atoms with Gasteiger partial charge in [-0.25, -0.2) is 4.79 Å². The highest BCUT2D eigenvalue weighted by Gasteiger charge is 2.19. The molecule has 3 rings (SSSR count). The van der Waals surface area contributed by atoms with Crippen molar-refractivity contribution in [2.45, 2.75) is 38.1 Å². The Labute approximate surface area is 105 Å². The van der Waals surface area contributed by atoms with Crippen molar-refractivity contribution in [3.63, 3.8) is 0 Å². The number of aryl methyl sites for hydroxylation is 1. The van der Waals surface area contributed by atoms with Crippen LogP contribution in [-0.2, 0) is 6.42 Å². The summed E-state index contributed by atoms with van der Waals surface area (Å²) in [6, 6.07) is 6.71. The third-order valence-electron chi connectivity index (χ3n) is 3.39.